The fourth-order valence-electron chi connectivity index (χ4n) is 0.735. The highest BCUT2D eigenvalue weighted by Gasteiger charge is 2.13. The van der Waals surface area contributed by atoms with Gasteiger partial charge < -0.3 is 16.4 Å². The van der Waals surface area contributed by atoms with Crippen molar-refractivity contribution in [3.8, 4) is 0 Å². The number of carbonyl (C=O) groups is 1. The lowest BCUT2D eigenvalue weighted by Gasteiger charge is -2.21. The molecule has 0 fully saturated rings. The number of hydrogen-bond acceptors (Lipinski definition) is 2. The van der Waals surface area contributed by atoms with E-state index in [1.165, 1.54) is 0 Å². The quantitative estimate of drug-likeness (QED) is 0.608. The maximum Gasteiger partial charge on any atom is 0.315 e. The molecule has 1 atom stereocenters. The van der Waals surface area contributed by atoms with Crippen LogP contribution in [0.2, 0.25) is 0 Å². The molecular formula is C9H21N3O. The standard InChI is InChI=1S/C9H21N3O/c1-7(5-10)6-11-8(13)12-9(2,3)4/h7H,5-6,10H2,1-4H3,(H2,11,12,13). The summed E-state index contributed by atoms with van der Waals surface area (Å²) in [5.41, 5.74) is 5.23. The van der Waals surface area contributed by atoms with Gasteiger partial charge in [-0.05, 0) is 33.2 Å². The molecule has 0 aliphatic carbocycles. The number of amides is 2. The molecule has 0 saturated carbocycles. The van der Waals surface area contributed by atoms with Crippen LogP contribution in [0.1, 0.15) is 27.7 Å². The maximum atomic E-state index is 11.2. The highest BCUT2D eigenvalue weighted by Crippen LogP contribution is 1.97. The van der Waals surface area contributed by atoms with Gasteiger partial charge in [-0.1, -0.05) is 6.92 Å². The van der Waals surface area contributed by atoms with E-state index in [1.807, 2.05) is 27.7 Å². The highest BCUT2D eigenvalue weighted by atomic mass is 16.2. The molecule has 0 radical (unpaired) electrons. The summed E-state index contributed by atoms with van der Waals surface area (Å²) in [6, 6.07) is -0.132. The summed E-state index contributed by atoms with van der Waals surface area (Å²) in [4.78, 5) is 11.2. The van der Waals surface area contributed by atoms with E-state index < -0.39 is 0 Å². The molecule has 4 N–H and O–H groups in total. The third-order valence-electron chi connectivity index (χ3n) is 1.50. The minimum absolute atomic E-state index is 0.132. The van der Waals surface area contributed by atoms with Crippen molar-refractivity contribution >= 4 is 6.03 Å². The molecule has 4 nitrogen and oxygen atoms in total. The van der Waals surface area contributed by atoms with Crippen molar-refractivity contribution in [2.24, 2.45) is 11.7 Å². The van der Waals surface area contributed by atoms with Crippen molar-refractivity contribution in [2.75, 3.05) is 13.1 Å². The van der Waals surface area contributed by atoms with Crippen LogP contribution < -0.4 is 16.4 Å². The molecule has 0 aromatic rings. The molecule has 0 bridgehead atoms. The van der Waals surface area contributed by atoms with E-state index in [0.717, 1.165) is 0 Å². The zero-order valence-corrected chi connectivity index (χ0v) is 8.98. The number of carbonyl (C=O) groups excluding carboxylic acids is 1. The Kier molecular flexibility index (Phi) is 4.77. The Labute approximate surface area is 80.3 Å². The Bertz CT molecular complexity index is 163. The minimum Gasteiger partial charge on any atom is -0.338 e. The predicted molar refractivity (Wildman–Crippen MR) is 54.5 cm³/mol. The second-order valence-electron chi connectivity index (χ2n) is 4.43. The van der Waals surface area contributed by atoms with Crippen molar-refractivity contribution in [1.82, 2.24) is 10.6 Å². The van der Waals surface area contributed by atoms with Crippen LogP contribution in [0.5, 0.6) is 0 Å². The predicted octanol–water partition coefficient (Wildman–Crippen LogP) is 0.679. The van der Waals surface area contributed by atoms with E-state index >= 15 is 0 Å². The van der Waals surface area contributed by atoms with Crippen molar-refractivity contribution in [2.45, 2.75) is 33.2 Å². The molecule has 0 spiro atoms. The van der Waals surface area contributed by atoms with Crippen LogP contribution in [0, 0.1) is 5.92 Å². The van der Waals surface area contributed by atoms with Gasteiger partial charge in [0.25, 0.3) is 0 Å². The average Bonchev–Trinajstić information content (AvgIpc) is 1.97. The Morgan fingerprint density at radius 1 is 1.46 bits per heavy atom. The van der Waals surface area contributed by atoms with Crippen molar-refractivity contribution in [3.63, 3.8) is 0 Å². The van der Waals surface area contributed by atoms with Crippen LogP contribution in [0.15, 0.2) is 0 Å². The molecule has 0 aromatic carbocycles. The Morgan fingerprint density at radius 3 is 2.38 bits per heavy atom. The van der Waals surface area contributed by atoms with E-state index in [4.69, 9.17) is 5.73 Å². The third-order valence-corrected chi connectivity index (χ3v) is 1.50. The molecule has 0 heterocycles. The highest BCUT2D eigenvalue weighted by molar-refractivity contribution is 5.74. The lowest BCUT2D eigenvalue weighted by molar-refractivity contribution is 0.230. The summed E-state index contributed by atoms with van der Waals surface area (Å²) >= 11 is 0. The van der Waals surface area contributed by atoms with Gasteiger partial charge in [0.1, 0.15) is 0 Å². The first kappa shape index (κ1) is 12.2. The summed E-state index contributed by atoms with van der Waals surface area (Å²) in [5.74, 6) is 0.325. The lowest BCUT2D eigenvalue weighted by Crippen LogP contribution is -2.47. The van der Waals surface area contributed by atoms with Gasteiger partial charge in [-0.2, -0.15) is 0 Å². The molecule has 78 valence electrons. The molecule has 0 rings (SSSR count). The third kappa shape index (κ3) is 7.59. The molecule has 2 amide bonds. The first-order valence-electron chi connectivity index (χ1n) is 4.61. The Morgan fingerprint density at radius 2 is 2.00 bits per heavy atom. The van der Waals surface area contributed by atoms with Crippen LogP contribution in [-0.4, -0.2) is 24.7 Å². The van der Waals surface area contributed by atoms with E-state index in [2.05, 4.69) is 10.6 Å². The van der Waals surface area contributed by atoms with Crippen molar-refractivity contribution in [1.29, 1.82) is 0 Å². The lowest BCUT2D eigenvalue weighted by atomic mass is 10.1. The van der Waals surface area contributed by atoms with E-state index in [-0.39, 0.29) is 11.6 Å². The molecule has 1 unspecified atom stereocenters. The van der Waals surface area contributed by atoms with Crippen LogP contribution in [0.3, 0.4) is 0 Å². The van der Waals surface area contributed by atoms with Crippen molar-refractivity contribution in [3.05, 3.63) is 0 Å². The number of nitrogens with two attached hydrogens (primary N) is 1. The topological polar surface area (TPSA) is 67.1 Å². The van der Waals surface area contributed by atoms with E-state index in [9.17, 15) is 4.79 Å². The molecule has 13 heavy (non-hydrogen) atoms. The molecule has 4 heteroatoms. The summed E-state index contributed by atoms with van der Waals surface area (Å²) in [6.07, 6.45) is 0. The maximum absolute atomic E-state index is 11.2. The minimum atomic E-state index is -0.184. The first-order valence-corrected chi connectivity index (χ1v) is 4.61. The van der Waals surface area contributed by atoms with E-state index in [0.29, 0.717) is 19.0 Å². The SMILES string of the molecule is CC(CN)CNC(=O)NC(C)(C)C. The molecule has 0 aromatic heterocycles. The largest absolute Gasteiger partial charge is 0.338 e. The van der Waals surface area contributed by atoms with Crippen LogP contribution in [-0.2, 0) is 0 Å². The Balaban J connectivity index is 3.64. The molecule has 0 saturated heterocycles. The normalized spacial score (nSPS) is 13.6. The second kappa shape index (κ2) is 5.07. The van der Waals surface area contributed by atoms with Gasteiger partial charge in [0.15, 0.2) is 0 Å². The number of urea groups is 1. The van der Waals surface area contributed by atoms with Crippen LogP contribution in [0.4, 0.5) is 4.79 Å². The monoisotopic (exact) mass is 187 g/mol. The summed E-state index contributed by atoms with van der Waals surface area (Å²) < 4.78 is 0. The Hall–Kier alpha value is -0.770. The van der Waals surface area contributed by atoms with Gasteiger partial charge in [-0.25, -0.2) is 4.79 Å². The number of nitrogens with one attached hydrogen (secondary N) is 2. The fourth-order valence-corrected chi connectivity index (χ4v) is 0.735. The molecular weight excluding hydrogens is 166 g/mol. The summed E-state index contributed by atoms with van der Waals surface area (Å²) in [6.45, 7) is 9.04. The smallest absolute Gasteiger partial charge is 0.315 e. The summed E-state index contributed by atoms with van der Waals surface area (Å²) in [5, 5.41) is 5.57. The summed E-state index contributed by atoms with van der Waals surface area (Å²) in [7, 11) is 0. The average molecular weight is 187 g/mol. The number of hydrogen-bond donors (Lipinski definition) is 3. The molecule has 0 aliphatic rings. The fraction of sp³-hybridized carbons (Fsp3) is 0.889. The van der Waals surface area contributed by atoms with Gasteiger partial charge in [-0.15, -0.1) is 0 Å². The van der Waals surface area contributed by atoms with Crippen LogP contribution in [0.25, 0.3) is 0 Å². The van der Waals surface area contributed by atoms with E-state index in [1.54, 1.807) is 0 Å². The zero-order chi connectivity index (χ0) is 10.5. The number of rotatable bonds is 3. The van der Waals surface area contributed by atoms with Gasteiger partial charge in [-0.3, -0.25) is 0 Å². The zero-order valence-electron chi connectivity index (χ0n) is 8.98. The molecule has 0 aliphatic heterocycles. The van der Waals surface area contributed by atoms with Gasteiger partial charge in [0.05, 0.1) is 0 Å². The van der Waals surface area contributed by atoms with Crippen LogP contribution >= 0.6 is 0 Å². The van der Waals surface area contributed by atoms with Gasteiger partial charge in [0.2, 0.25) is 0 Å². The first-order chi connectivity index (χ1) is 5.85. The van der Waals surface area contributed by atoms with Gasteiger partial charge in [0, 0.05) is 12.1 Å². The second-order valence-corrected chi connectivity index (χ2v) is 4.43. The van der Waals surface area contributed by atoms with Crippen molar-refractivity contribution < 1.29 is 4.79 Å². The van der Waals surface area contributed by atoms with Gasteiger partial charge >= 0.3 is 6.03 Å².